The van der Waals surface area contributed by atoms with Crippen molar-refractivity contribution in [3.05, 3.63) is 52.1 Å². The lowest BCUT2D eigenvalue weighted by Crippen LogP contribution is -1.96. The van der Waals surface area contributed by atoms with Crippen LogP contribution in [0.2, 0.25) is 0 Å². The highest BCUT2D eigenvalue weighted by atomic mass is 79.9. The van der Waals surface area contributed by atoms with Crippen molar-refractivity contribution < 1.29 is 14.3 Å². The summed E-state index contributed by atoms with van der Waals surface area (Å²) < 4.78 is 6.51. The number of oxazole rings is 1. The average molecular weight is 310 g/mol. The highest BCUT2D eigenvalue weighted by molar-refractivity contribution is 9.10. The molecule has 0 saturated carbocycles. The van der Waals surface area contributed by atoms with Gasteiger partial charge in [0.05, 0.1) is 19.0 Å². The number of carboxylic acid groups (broad SMARTS) is 1. The molecule has 5 heteroatoms. The number of rotatable bonds is 5. The second kappa shape index (κ2) is 5.82. The monoisotopic (exact) mass is 309 g/mol. The summed E-state index contributed by atoms with van der Waals surface area (Å²) in [5, 5.41) is 8.58. The molecule has 0 aliphatic carbocycles. The van der Waals surface area contributed by atoms with Crippen LogP contribution >= 0.6 is 15.9 Å². The number of aryl methyl sites for hydroxylation is 1. The fourth-order valence-corrected chi connectivity index (χ4v) is 2.01. The van der Waals surface area contributed by atoms with Gasteiger partial charge in [0.15, 0.2) is 5.89 Å². The Kier molecular flexibility index (Phi) is 4.15. The van der Waals surface area contributed by atoms with Crippen LogP contribution in [0, 0.1) is 0 Å². The second-order valence-corrected chi connectivity index (χ2v) is 4.74. The maximum absolute atomic E-state index is 10.4. The summed E-state index contributed by atoms with van der Waals surface area (Å²) in [5.41, 5.74) is 1.09. The first-order chi connectivity index (χ1) is 8.65. The Morgan fingerprint density at radius 2 is 2.17 bits per heavy atom. The first kappa shape index (κ1) is 12.8. The van der Waals surface area contributed by atoms with Crippen molar-refractivity contribution in [2.45, 2.75) is 19.3 Å². The standard InChI is InChI=1S/C13H12BrNO3/c14-11-4-2-1-3-9(11)7-12-15-8-10(18-12)5-6-13(16)17/h1-4,8H,5-7H2,(H,16,17). The Balaban J connectivity index is 2.02. The van der Waals surface area contributed by atoms with E-state index in [9.17, 15) is 4.79 Å². The molecule has 2 rings (SSSR count). The number of aromatic nitrogens is 1. The Morgan fingerprint density at radius 1 is 1.39 bits per heavy atom. The van der Waals surface area contributed by atoms with E-state index in [1.54, 1.807) is 6.20 Å². The van der Waals surface area contributed by atoms with Crippen molar-refractivity contribution >= 4 is 21.9 Å². The summed E-state index contributed by atoms with van der Waals surface area (Å²) >= 11 is 3.46. The lowest BCUT2D eigenvalue weighted by atomic mass is 10.1. The van der Waals surface area contributed by atoms with Gasteiger partial charge in [-0.3, -0.25) is 4.79 Å². The van der Waals surface area contributed by atoms with Crippen molar-refractivity contribution in [3.8, 4) is 0 Å². The van der Waals surface area contributed by atoms with Crippen molar-refractivity contribution in [1.82, 2.24) is 4.98 Å². The van der Waals surface area contributed by atoms with Gasteiger partial charge < -0.3 is 9.52 Å². The molecule has 1 heterocycles. The first-order valence-corrected chi connectivity index (χ1v) is 6.33. The zero-order chi connectivity index (χ0) is 13.0. The highest BCUT2D eigenvalue weighted by Gasteiger charge is 2.08. The maximum atomic E-state index is 10.4. The largest absolute Gasteiger partial charge is 0.481 e. The van der Waals surface area contributed by atoms with Crippen LogP contribution in [0.4, 0.5) is 0 Å². The van der Waals surface area contributed by atoms with Gasteiger partial charge in [-0.05, 0) is 11.6 Å². The highest BCUT2D eigenvalue weighted by Crippen LogP contribution is 2.19. The number of carbonyl (C=O) groups is 1. The van der Waals surface area contributed by atoms with E-state index in [4.69, 9.17) is 9.52 Å². The molecule has 94 valence electrons. The fourth-order valence-electron chi connectivity index (χ4n) is 1.58. The molecule has 0 aliphatic heterocycles. The number of nitrogens with zero attached hydrogens (tertiary/aromatic N) is 1. The summed E-state index contributed by atoms with van der Waals surface area (Å²) in [4.78, 5) is 14.6. The van der Waals surface area contributed by atoms with Crippen LogP contribution in [0.3, 0.4) is 0 Å². The van der Waals surface area contributed by atoms with Gasteiger partial charge in [-0.15, -0.1) is 0 Å². The number of aliphatic carboxylic acids is 1. The Labute approximate surface area is 113 Å². The van der Waals surface area contributed by atoms with Gasteiger partial charge in [0.2, 0.25) is 0 Å². The second-order valence-electron chi connectivity index (χ2n) is 3.88. The molecule has 0 spiro atoms. The van der Waals surface area contributed by atoms with E-state index in [0.29, 0.717) is 24.5 Å². The van der Waals surface area contributed by atoms with Gasteiger partial charge in [0.1, 0.15) is 5.76 Å². The lowest BCUT2D eigenvalue weighted by Gasteiger charge is -2.00. The van der Waals surface area contributed by atoms with Crippen LogP contribution in [0.5, 0.6) is 0 Å². The van der Waals surface area contributed by atoms with Gasteiger partial charge in [-0.1, -0.05) is 34.1 Å². The molecule has 0 aliphatic rings. The summed E-state index contributed by atoms with van der Waals surface area (Å²) in [6.07, 6.45) is 2.62. The Bertz CT molecular complexity index is 551. The van der Waals surface area contributed by atoms with E-state index < -0.39 is 5.97 Å². The predicted molar refractivity (Wildman–Crippen MR) is 69.4 cm³/mol. The molecule has 2 aromatic rings. The average Bonchev–Trinajstić information content (AvgIpc) is 2.77. The van der Waals surface area contributed by atoms with Crippen LogP contribution in [-0.4, -0.2) is 16.1 Å². The lowest BCUT2D eigenvalue weighted by molar-refractivity contribution is -0.137. The van der Waals surface area contributed by atoms with E-state index in [0.717, 1.165) is 10.0 Å². The van der Waals surface area contributed by atoms with E-state index in [-0.39, 0.29) is 6.42 Å². The number of carboxylic acids is 1. The molecular formula is C13H12BrNO3. The molecule has 0 amide bonds. The van der Waals surface area contributed by atoms with E-state index in [1.165, 1.54) is 0 Å². The van der Waals surface area contributed by atoms with Crippen LogP contribution in [0.1, 0.15) is 23.6 Å². The van der Waals surface area contributed by atoms with Crippen LogP contribution in [0.25, 0.3) is 0 Å². The molecule has 0 radical (unpaired) electrons. The molecule has 1 N–H and O–H groups in total. The fraction of sp³-hybridized carbons (Fsp3) is 0.231. The number of hydrogen-bond donors (Lipinski definition) is 1. The molecule has 1 aromatic heterocycles. The molecular weight excluding hydrogens is 298 g/mol. The van der Waals surface area contributed by atoms with Crippen molar-refractivity contribution in [2.75, 3.05) is 0 Å². The Morgan fingerprint density at radius 3 is 2.89 bits per heavy atom. The van der Waals surface area contributed by atoms with Crippen LogP contribution in [-0.2, 0) is 17.6 Å². The third-order valence-corrected chi connectivity index (χ3v) is 3.26. The summed E-state index contributed by atoms with van der Waals surface area (Å²) in [6, 6.07) is 7.85. The van der Waals surface area contributed by atoms with Crippen LogP contribution in [0.15, 0.2) is 39.4 Å². The first-order valence-electron chi connectivity index (χ1n) is 5.54. The minimum Gasteiger partial charge on any atom is -0.481 e. The van der Waals surface area contributed by atoms with E-state index in [1.807, 2.05) is 24.3 Å². The molecule has 1 aromatic carbocycles. The Hall–Kier alpha value is -1.62. The topological polar surface area (TPSA) is 63.3 Å². The quantitative estimate of drug-likeness (QED) is 0.922. The predicted octanol–water partition coefficient (Wildman–Crippen LogP) is 3.05. The molecule has 0 fully saturated rings. The molecule has 0 atom stereocenters. The van der Waals surface area contributed by atoms with Gasteiger partial charge in [-0.2, -0.15) is 0 Å². The van der Waals surface area contributed by atoms with Crippen molar-refractivity contribution in [3.63, 3.8) is 0 Å². The molecule has 0 bridgehead atoms. The van der Waals surface area contributed by atoms with Gasteiger partial charge in [0, 0.05) is 10.9 Å². The van der Waals surface area contributed by atoms with Crippen molar-refractivity contribution in [1.29, 1.82) is 0 Å². The maximum Gasteiger partial charge on any atom is 0.303 e. The van der Waals surface area contributed by atoms with Crippen molar-refractivity contribution in [2.24, 2.45) is 0 Å². The third-order valence-electron chi connectivity index (χ3n) is 2.49. The smallest absolute Gasteiger partial charge is 0.303 e. The normalized spacial score (nSPS) is 10.5. The molecule has 4 nitrogen and oxygen atoms in total. The number of hydrogen-bond acceptors (Lipinski definition) is 3. The molecule has 0 unspecified atom stereocenters. The van der Waals surface area contributed by atoms with E-state index in [2.05, 4.69) is 20.9 Å². The minimum absolute atomic E-state index is 0.0592. The van der Waals surface area contributed by atoms with Gasteiger partial charge >= 0.3 is 5.97 Å². The van der Waals surface area contributed by atoms with Gasteiger partial charge in [0.25, 0.3) is 0 Å². The number of benzene rings is 1. The zero-order valence-corrected chi connectivity index (χ0v) is 11.2. The van der Waals surface area contributed by atoms with Gasteiger partial charge in [-0.25, -0.2) is 4.98 Å². The molecule has 0 saturated heterocycles. The zero-order valence-electron chi connectivity index (χ0n) is 9.60. The van der Waals surface area contributed by atoms with Crippen LogP contribution < -0.4 is 0 Å². The summed E-state index contributed by atoms with van der Waals surface area (Å²) in [6.45, 7) is 0. The molecule has 18 heavy (non-hydrogen) atoms. The SMILES string of the molecule is O=C(O)CCc1cnc(Cc2ccccc2Br)o1. The van der Waals surface area contributed by atoms with E-state index >= 15 is 0 Å². The number of halogens is 1. The minimum atomic E-state index is -0.834. The summed E-state index contributed by atoms with van der Waals surface area (Å²) in [7, 11) is 0. The summed E-state index contributed by atoms with van der Waals surface area (Å²) in [5.74, 6) is 0.375. The third kappa shape index (κ3) is 3.43.